The molecule has 0 aliphatic carbocycles. The number of pyridine rings is 1. The molecule has 1 N–H and O–H groups in total. The van der Waals surface area contributed by atoms with Crippen molar-refractivity contribution in [1.82, 2.24) is 9.88 Å². The Balaban J connectivity index is 1.63. The van der Waals surface area contributed by atoms with Crippen molar-refractivity contribution in [2.75, 3.05) is 18.4 Å². The third kappa shape index (κ3) is 4.51. The number of carbonyl (C=O) groups excluding carboxylic acids is 1. The van der Waals surface area contributed by atoms with Crippen molar-refractivity contribution in [2.24, 2.45) is 0 Å². The van der Waals surface area contributed by atoms with Crippen LogP contribution in [0.15, 0.2) is 42.6 Å². The molecule has 4 nitrogen and oxygen atoms in total. The van der Waals surface area contributed by atoms with Crippen LogP contribution in [-0.4, -0.2) is 34.9 Å². The van der Waals surface area contributed by atoms with Crippen LogP contribution < -0.4 is 5.32 Å². The van der Waals surface area contributed by atoms with Crippen LogP contribution in [0.1, 0.15) is 48.5 Å². The summed E-state index contributed by atoms with van der Waals surface area (Å²) >= 11 is 5.90. The van der Waals surface area contributed by atoms with E-state index in [1.165, 1.54) is 5.56 Å². The molecule has 1 aliphatic rings. The molecule has 1 amide bonds. The van der Waals surface area contributed by atoms with Crippen molar-refractivity contribution >= 4 is 23.2 Å². The normalized spacial score (nSPS) is 17.6. The Bertz CT molecular complexity index is 730. The summed E-state index contributed by atoms with van der Waals surface area (Å²) in [7, 11) is 0. The van der Waals surface area contributed by atoms with Crippen LogP contribution in [0.25, 0.3) is 0 Å². The second kappa shape index (κ2) is 7.87. The van der Waals surface area contributed by atoms with Gasteiger partial charge in [-0.05, 0) is 48.6 Å². The van der Waals surface area contributed by atoms with E-state index in [0.29, 0.717) is 23.2 Å². The van der Waals surface area contributed by atoms with Crippen LogP contribution in [0.2, 0.25) is 5.15 Å². The lowest BCUT2D eigenvalue weighted by atomic mass is 10.0. The van der Waals surface area contributed by atoms with Gasteiger partial charge in [-0.1, -0.05) is 37.6 Å². The van der Waals surface area contributed by atoms with Gasteiger partial charge < -0.3 is 10.2 Å². The van der Waals surface area contributed by atoms with Crippen molar-refractivity contribution in [2.45, 2.75) is 38.6 Å². The number of aromatic nitrogens is 1. The third-order valence-corrected chi connectivity index (χ3v) is 4.84. The summed E-state index contributed by atoms with van der Waals surface area (Å²) in [5.41, 5.74) is 3.04. The summed E-state index contributed by atoms with van der Waals surface area (Å²) in [4.78, 5) is 18.5. The molecule has 0 bridgehead atoms. The Hall–Kier alpha value is -2.07. The van der Waals surface area contributed by atoms with Gasteiger partial charge in [-0.3, -0.25) is 4.79 Å². The standard InChI is InChI=1S/C20H24ClN3O/c1-14(2)15-5-7-17(8-6-15)23-18-4-3-11-24(13-18)20(25)16-9-10-22-19(21)12-16/h5-10,12,14,18,23H,3-4,11,13H2,1-2H3/t18-/m0/s1. The molecule has 0 spiro atoms. The minimum atomic E-state index is 0.0194. The topological polar surface area (TPSA) is 45.2 Å². The summed E-state index contributed by atoms with van der Waals surface area (Å²) in [6.45, 7) is 5.87. The number of hydrogen-bond acceptors (Lipinski definition) is 3. The highest BCUT2D eigenvalue weighted by atomic mass is 35.5. The number of nitrogens with one attached hydrogen (secondary N) is 1. The van der Waals surface area contributed by atoms with Gasteiger partial charge >= 0.3 is 0 Å². The van der Waals surface area contributed by atoms with Gasteiger partial charge in [-0.2, -0.15) is 0 Å². The zero-order chi connectivity index (χ0) is 17.8. The molecule has 1 aromatic carbocycles. The number of hydrogen-bond donors (Lipinski definition) is 1. The lowest BCUT2D eigenvalue weighted by Crippen LogP contribution is -2.45. The average molecular weight is 358 g/mol. The van der Waals surface area contributed by atoms with E-state index in [0.717, 1.165) is 25.1 Å². The smallest absolute Gasteiger partial charge is 0.254 e. The van der Waals surface area contributed by atoms with Gasteiger partial charge in [0.25, 0.3) is 5.91 Å². The minimum Gasteiger partial charge on any atom is -0.381 e. The highest BCUT2D eigenvalue weighted by Crippen LogP contribution is 2.21. The van der Waals surface area contributed by atoms with Crippen molar-refractivity contribution in [3.8, 4) is 0 Å². The molecule has 1 aliphatic heterocycles. The number of halogens is 1. The van der Waals surface area contributed by atoms with Gasteiger partial charge in [0, 0.05) is 36.6 Å². The number of carbonyl (C=O) groups is 1. The second-order valence-corrected chi connectivity index (χ2v) is 7.27. The largest absolute Gasteiger partial charge is 0.381 e. The van der Waals surface area contributed by atoms with Gasteiger partial charge in [0.15, 0.2) is 0 Å². The summed E-state index contributed by atoms with van der Waals surface area (Å²) in [5.74, 6) is 0.551. The first-order valence-electron chi connectivity index (χ1n) is 8.80. The first-order chi connectivity index (χ1) is 12.0. The second-order valence-electron chi connectivity index (χ2n) is 6.88. The number of amides is 1. The minimum absolute atomic E-state index is 0.0194. The Morgan fingerprint density at radius 2 is 2.04 bits per heavy atom. The molecule has 2 heterocycles. The van der Waals surface area contributed by atoms with E-state index in [1.54, 1.807) is 18.3 Å². The quantitative estimate of drug-likeness (QED) is 0.815. The molecule has 2 aromatic rings. The lowest BCUT2D eigenvalue weighted by molar-refractivity contribution is 0.0714. The van der Waals surface area contributed by atoms with Gasteiger partial charge in [0.2, 0.25) is 0 Å². The van der Waals surface area contributed by atoms with Crippen LogP contribution in [0.5, 0.6) is 0 Å². The SMILES string of the molecule is CC(C)c1ccc(N[C@H]2CCCN(C(=O)c3ccnc(Cl)c3)C2)cc1. The number of rotatable bonds is 4. The van der Waals surface area contributed by atoms with Crippen LogP contribution >= 0.6 is 11.6 Å². The highest BCUT2D eigenvalue weighted by molar-refractivity contribution is 6.29. The maximum atomic E-state index is 12.7. The predicted molar refractivity (Wildman–Crippen MR) is 102 cm³/mol. The summed E-state index contributed by atoms with van der Waals surface area (Å²) < 4.78 is 0. The molecule has 1 atom stereocenters. The van der Waals surface area contributed by atoms with E-state index >= 15 is 0 Å². The van der Waals surface area contributed by atoms with Crippen molar-refractivity contribution in [3.63, 3.8) is 0 Å². The molecule has 5 heteroatoms. The van der Waals surface area contributed by atoms with E-state index in [9.17, 15) is 4.79 Å². The fourth-order valence-electron chi connectivity index (χ4n) is 3.20. The predicted octanol–water partition coefficient (Wildman–Crippen LogP) is 4.58. The average Bonchev–Trinajstić information content (AvgIpc) is 2.62. The lowest BCUT2D eigenvalue weighted by Gasteiger charge is -2.34. The molecule has 1 aromatic heterocycles. The summed E-state index contributed by atoms with van der Waals surface area (Å²) in [6.07, 6.45) is 3.63. The summed E-state index contributed by atoms with van der Waals surface area (Å²) in [5, 5.41) is 3.91. The van der Waals surface area contributed by atoms with E-state index in [4.69, 9.17) is 11.6 Å². The van der Waals surface area contributed by atoms with Crippen molar-refractivity contribution in [1.29, 1.82) is 0 Å². The number of piperidine rings is 1. The molecule has 1 saturated heterocycles. The number of nitrogens with zero attached hydrogens (tertiary/aromatic N) is 2. The fourth-order valence-corrected chi connectivity index (χ4v) is 3.37. The number of likely N-dealkylation sites (tertiary alicyclic amines) is 1. The van der Waals surface area contributed by atoms with Crippen molar-refractivity contribution < 1.29 is 4.79 Å². The van der Waals surface area contributed by atoms with E-state index in [2.05, 4.69) is 48.4 Å². The van der Waals surface area contributed by atoms with E-state index in [-0.39, 0.29) is 11.9 Å². The molecule has 25 heavy (non-hydrogen) atoms. The Morgan fingerprint density at radius 1 is 1.28 bits per heavy atom. The zero-order valence-corrected chi connectivity index (χ0v) is 15.5. The Morgan fingerprint density at radius 3 is 2.72 bits per heavy atom. The molecular weight excluding hydrogens is 334 g/mol. The number of anilines is 1. The van der Waals surface area contributed by atoms with Crippen LogP contribution in [0.3, 0.4) is 0 Å². The first-order valence-corrected chi connectivity index (χ1v) is 9.18. The van der Waals surface area contributed by atoms with Gasteiger partial charge in [0.05, 0.1) is 0 Å². The maximum Gasteiger partial charge on any atom is 0.254 e. The molecule has 0 saturated carbocycles. The molecule has 1 fully saturated rings. The monoisotopic (exact) mass is 357 g/mol. The fraction of sp³-hybridized carbons (Fsp3) is 0.400. The molecular formula is C20H24ClN3O. The molecule has 3 rings (SSSR count). The maximum absolute atomic E-state index is 12.7. The van der Waals surface area contributed by atoms with Gasteiger partial charge in [-0.15, -0.1) is 0 Å². The van der Waals surface area contributed by atoms with Gasteiger partial charge in [-0.25, -0.2) is 4.98 Å². The zero-order valence-electron chi connectivity index (χ0n) is 14.7. The third-order valence-electron chi connectivity index (χ3n) is 4.63. The van der Waals surface area contributed by atoms with Gasteiger partial charge in [0.1, 0.15) is 5.15 Å². The van der Waals surface area contributed by atoms with Crippen LogP contribution in [-0.2, 0) is 0 Å². The van der Waals surface area contributed by atoms with E-state index < -0.39 is 0 Å². The van der Waals surface area contributed by atoms with E-state index in [1.807, 2.05) is 4.90 Å². The Labute approximate surface area is 154 Å². The molecule has 132 valence electrons. The van der Waals surface area contributed by atoms with Crippen LogP contribution in [0.4, 0.5) is 5.69 Å². The molecule has 0 radical (unpaired) electrons. The first kappa shape index (κ1) is 17.7. The van der Waals surface area contributed by atoms with Crippen molar-refractivity contribution in [3.05, 3.63) is 58.9 Å². The summed E-state index contributed by atoms with van der Waals surface area (Å²) in [6, 6.07) is 12.2. The van der Waals surface area contributed by atoms with Crippen LogP contribution in [0, 0.1) is 0 Å². The highest BCUT2D eigenvalue weighted by Gasteiger charge is 2.24. The Kier molecular flexibility index (Phi) is 5.59. The number of benzene rings is 1. The molecule has 0 unspecified atom stereocenters.